The molecule has 16 nitrogen and oxygen atoms in total. The molecule has 2 aromatic rings. The number of aliphatic hydroxyl groups is 1. The first kappa shape index (κ1) is 45.6. The Hall–Kier alpha value is -3.51. The number of nitrogens with two attached hydrogens (primary N) is 1. The van der Waals surface area contributed by atoms with Crippen molar-refractivity contribution in [2.24, 2.45) is 29.4 Å². The third-order valence-corrected chi connectivity index (χ3v) is 12.9. The van der Waals surface area contributed by atoms with Crippen molar-refractivity contribution in [2.45, 2.75) is 148 Å². The number of carbonyl (C=O) groups excluding carboxylic acids is 3. The van der Waals surface area contributed by atoms with Crippen molar-refractivity contribution in [1.82, 2.24) is 29.9 Å². The number of imidazole rings is 1. The van der Waals surface area contributed by atoms with E-state index in [1.807, 2.05) is 76.5 Å². The molecule has 1 amide bonds. The zero-order valence-corrected chi connectivity index (χ0v) is 36.2. The fourth-order valence-electron chi connectivity index (χ4n) is 9.37. The molecule has 3 aliphatic heterocycles. The number of pyridine rings is 1. The number of amides is 1. The summed E-state index contributed by atoms with van der Waals surface area (Å²) in [5.74, 6) is -3.90. The van der Waals surface area contributed by atoms with Crippen LogP contribution in [-0.4, -0.2) is 135 Å². The summed E-state index contributed by atoms with van der Waals surface area (Å²) in [6.45, 7) is 15.7. The number of hydrogen-bond acceptors (Lipinski definition) is 14. The first-order valence-electron chi connectivity index (χ1n) is 20.7. The third kappa shape index (κ3) is 9.43. The van der Waals surface area contributed by atoms with Crippen LogP contribution >= 0.6 is 0 Å². The van der Waals surface area contributed by atoms with Gasteiger partial charge in [0.25, 0.3) is 0 Å². The second-order valence-corrected chi connectivity index (χ2v) is 17.4. The molecule has 4 N–H and O–H groups in total. The molecule has 16 heteroatoms. The van der Waals surface area contributed by atoms with Crippen LogP contribution in [0.1, 0.15) is 81.1 Å². The highest BCUT2D eigenvalue weighted by atomic mass is 16.7. The van der Waals surface area contributed by atoms with Crippen LogP contribution in [0.15, 0.2) is 37.1 Å². The van der Waals surface area contributed by atoms with Crippen LogP contribution in [0.25, 0.3) is 11.3 Å². The van der Waals surface area contributed by atoms with E-state index in [2.05, 4.69) is 15.4 Å². The topological polar surface area (TPSA) is 193 Å². The van der Waals surface area contributed by atoms with Gasteiger partial charge in [-0.25, -0.2) is 20.2 Å². The number of aliphatic hydroxyl groups excluding tert-OH is 1. The molecule has 1 unspecified atom stereocenters. The minimum Gasteiger partial charge on any atom is -0.458 e. The number of rotatable bonds is 11. The molecule has 0 bridgehead atoms. The normalized spacial score (nSPS) is 38.0. The molecule has 2 aromatic heterocycles. The van der Waals surface area contributed by atoms with Gasteiger partial charge in [0.1, 0.15) is 18.1 Å². The van der Waals surface area contributed by atoms with Crippen molar-refractivity contribution in [3.63, 3.8) is 0 Å². The van der Waals surface area contributed by atoms with E-state index in [1.54, 1.807) is 39.7 Å². The molecule has 0 aromatic carbocycles. The van der Waals surface area contributed by atoms with Gasteiger partial charge >= 0.3 is 12.1 Å². The summed E-state index contributed by atoms with van der Waals surface area (Å²) in [5, 5.41) is 13.0. The fraction of sp³-hybridized carbons (Fsp3) is 0.738. The number of fused-ring (bicyclic) bond motifs is 1. The van der Waals surface area contributed by atoms with Gasteiger partial charge < -0.3 is 44.0 Å². The van der Waals surface area contributed by atoms with Crippen LogP contribution < -0.4 is 11.2 Å². The van der Waals surface area contributed by atoms with E-state index in [0.29, 0.717) is 38.8 Å². The number of carbonyl (C=O) groups is 3. The number of Topliss-reactive ketones (excluding diaryl/α,β-unsaturated/α-hetero) is 1. The third-order valence-electron chi connectivity index (χ3n) is 12.9. The first-order chi connectivity index (χ1) is 27.4. The predicted molar refractivity (Wildman–Crippen MR) is 216 cm³/mol. The molecule has 5 rings (SSSR count). The summed E-state index contributed by atoms with van der Waals surface area (Å²) in [6.07, 6.45) is 4.31. The first-order valence-corrected chi connectivity index (χ1v) is 20.7. The summed E-state index contributed by atoms with van der Waals surface area (Å²) < 4.78 is 33.5. The van der Waals surface area contributed by atoms with Crippen molar-refractivity contribution in [3.8, 4) is 11.3 Å². The number of methoxy groups -OCH3 is 1. The lowest BCUT2D eigenvalue weighted by atomic mass is 9.72. The maximum Gasteiger partial charge on any atom is 0.425 e. The average Bonchev–Trinajstić information content (AvgIpc) is 3.78. The number of hydrogen-bond donors (Lipinski definition) is 3. The number of likely N-dealkylation sites (N-methyl/N-ethyl adjacent to an activating group) is 1. The van der Waals surface area contributed by atoms with Gasteiger partial charge in [-0.2, -0.15) is 0 Å². The highest BCUT2D eigenvalue weighted by Crippen LogP contribution is 2.43. The Balaban J connectivity index is 1.43. The number of nitrogens with one attached hydrogen (secondary N) is 1. The Kier molecular flexibility index (Phi) is 14.8. The molecule has 14 atom stereocenters. The van der Waals surface area contributed by atoms with Crippen molar-refractivity contribution >= 4 is 17.8 Å². The van der Waals surface area contributed by atoms with Crippen LogP contribution in [0.2, 0.25) is 0 Å². The van der Waals surface area contributed by atoms with Gasteiger partial charge in [0.2, 0.25) is 0 Å². The van der Waals surface area contributed by atoms with E-state index < -0.39 is 83.5 Å². The van der Waals surface area contributed by atoms with Crippen molar-refractivity contribution in [3.05, 3.63) is 37.1 Å². The van der Waals surface area contributed by atoms with Crippen molar-refractivity contribution < 1.29 is 43.2 Å². The van der Waals surface area contributed by atoms with Gasteiger partial charge in [-0.05, 0) is 91.4 Å². The summed E-state index contributed by atoms with van der Waals surface area (Å²) in [4.78, 5) is 52.8. The van der Waals surface area contributed by atoms with E-state index in [1.165, 1.54) is 11.9 Å². The Morgan fingerprint density at radius 2 is 1.86 bits per heavy atom. The standard InChI is InChI=1S/C42H67N7O9/c1-12-32-42(8)36(49(40(53)58-42)46-17-14-18-48-22-30(45-23-48)29-15-13-16-44-21-29)26(4)33(43)24(2)20-41(7,54-11)37(27(5)34(50)28(6)38(52)56-32)57-39-35(51)31(47(9)10)19-25(3)55-39/h13,15-16,21-28,31-33,35-37,39,46,51H,12,14,17-20,43H2,1-11H3/t24-,25-,26-,27+,28-,31+,32+,33?,35-,36-,37-,39+,41+,42-/m1/s1. The molecule has 324 valence electrons. The summed E-state index contributed by atoms with van der Waals surface area (Å²) in [7, 11) is 5.34. The second-order valence-electron chi connectivity index (χ2n) is 17.4. The van der Waals surface area contributed by atoms with Gasteiger partial charge in [-0.15, -0.1) is 0 Å². The number of ether oxygens (including phenoxy) is 5. The van der Waals surface area contributed by atoms with Gasteiger partial charge in [-0.1, -0.05) is 27.7 Å². The zero-order chi connectivity index (χ0) is 42.7. The molecule has 0 saturated carbocycles. The van der Waals surface area contributed by atoms with Crippen LogP contribution in [0, 0.1) is 23.7 Å². The molecule has 58 heavy (non-hydrogen) atoms. The maximum absolute atomic E-state index is 14.3. The highest BCUT2D eigenvalue weighted by molar-refractivity contribution is 6.00. The number of cyclic esters (lactones) is 1. The van der Waals surface area contributed by atoms with Crippen LogP contribution in [0.4, 0.5) is 4.79 Å². The monoisotopic (exact) mass is 814 g/mol. The van der Waals surface area contributed by atoms with Gasteiger partial charge in [0.15, 0.2) is 17.7 Å². The second kappa shape index (κ2) is 18.8. The lowest BCUT2D eigenvalue weighted by Crippen LogP contribution is -2.63. The Morgan fingerprint density at radius 3 is 2.50 bits per heavy atom. The Labute approximate surface area is 343 Å². The van der Waals surface area contributed by atoms with Crippen molar-refractivity contribution in [2.75, 3.05) is 27.7 Å². The largest absolute Gasteiger partial charge is 0.458 e. The Bertz CT molecular complexity index is 1700. The van der Waals surface area contributed by atoms with E-state index in [9.17, 15) is 19.5 Å². The van der Waals surface area contributed by atoms with Crippen LogP contribution in [-0.2, 0) is 39.8 Å². The number of aromatic nitrogens is 3. The highest BCUT2D eigenvalue weighted by Gasteiger charge is 2.60. The lowest BCUT2D eigenvalue weighted by Gasteiger charge is -2.48. The minimum absolute atomic E-state index is 0.231. The molecule has 0 radical (unpaired) electrons. The molecule has 3 aliphatic rings. The predicted octanol–water partition coefficient (Wildman–Crippen LogP) is 3.80. The zero-order valence-electron chi connectivity index (χ0n) is 36.2. The van der Waals surface area contributed by atoms with E-state index in [-0.39, 0.29) is 18.1 Å². The molecule has 0 aliphatic carbocycles. The van der Waals surface area contributed by atoms with Gasteiger partial charge in [0, 0.05) is 62.4 Å². The summed E-state index contributed by atoms with van der Waals surface area (Å²) in [6, 6.07) is 2.36. The maximum atomic E-state index is 14.3. The van der Waals surface area contributed by atoms with Gasteiger partial charge in [-0.3, -0.25) is 14.6 Å². The summed E-state index contributed by atoms with van der Waals surface area (Å²) >= 11 is 0. The molecular weight excluding hydrogens is 747 g/mol. The molecule has 3 saturated heterocycles. The summed E-state index contributed by atoms with van der Waals surface area (Å²) in [5.41, 5.74) is 9.79. The molecular formula is C42H67N7O9. The quantitative estimate of drug-likeness (QED) is 0.169. The lowest BCUT2D eigenvalue weighted by molar-refractivity contribution is -0.295. The smallest absolute Gasteiger partial charge is 0.425 e. The number of esters is 1. The minimum atomic E-state index is -1.32. The van der Waals surface area contributed by atoms with E-state index in [4.69, 9.17) is 29.4 Å². The van der Waals surface area contributed by atoms with E-state index >= 15 is 0 Å². The average molecular weight is 814 g/mol. The van der Waals surface area contributed by atoms with Crippen LogP contribution in [0.5, 0.6) is 0 Å². The number of hydrazine groups is 1. The number of nitrogens with zero attached hydrogens (tertiary/aromatic N) is 5. The number of ketones is 1. The Morgan fingerprint density at radius 1 is 1.14 bits per heavy atom. The van der Waals surface area contributed by atoms with Crippen molar-refractivity contribution in [1.29, 1.82) is 0 Å². The van der Waals surface area contributed by atoms with Crippen LogP contribution in [0.3, 0.4) is 0 Å². The van der Waals surface area contributed by atoms with E-state index in [0.717, 1.165) is 11.3 Å². The van der Waals surface area contributed by atoms with Gasteiger partial charge in [0.05, 0.1) is 35.9 Å². The molecule has 3 fully saturated rings. The molecule has 0 spiro atoms. The SMILES string of the molecule is CC[C@@H]1OC(=O)[C@H](C)C(=O)[C@H](C)[C@@H](O[C@@H]2O[C@H](C)C[C@H](N(C)C)[C@H]2O)[C@@](C)(OC)C[C@@H](C)C(N)[C@@H](C)[C@H]2N(NCCCn3cnc(-c4cccnc4)c3)C(=O)O[C@]12C. The number of aryl methyl sites for hydroxylation is 1. The fourth-order valence-corrected chi connectivity index (χ4v) is 9.37. The molecule has 5 heterocycles.